The minimum Gasteiger partial charge on any atom is -0.299 e. The maximum atomic E-state index is 12.1. The molecule has 2 rings (SSSR count). The lowest BCUT2D eigenvalue weighted by Crippen LogP contribution is -2.10. The van der Waals surface area contributed by atoms with Gasteiger partial charge >= 0.3 is 0 Å². The number of aryl methyl sites for hydroxylation is 2. The van der Waals surface area contributed by atoms with Gasteiger partial charge in [0, 0.05) is 30.1 Å². The van der Waals surface area contributed by atoms with Gasteiger partial charge in [0.1, 0.15) is 5.78 Å². The summed E-state index contributed by atoms with van der Waals surface area (Å²) in [5.41, 5.74) is 3.05. The first-order chi connectivity index (χ1) is 9.10. The fraction of sp³-hybridized carbons (Fsp3) is 0.333. The Balaban J connectivity index is 2.05. The van der Waals surface area contributed by atoms with Crippen molar-refractivity contribution < 1.29 is 4.79 Å². The van der Waals surface area contributed by atoms with Gasteiger partial charge in [-0.3, -0.25) is 9.48 Å². The van der Waals surface area contributed by atoms with Gasteiger partial charge in [-0.25, -0.2) is 0 Å². The van der Waals surface area contributed by atoms with Crippen molar-refractivity contribution in [1.29, 1.82) is 0 Å². The number of carbonyl (C=O) groups is 1. The second-order valence-corrected chi connectivity index (χ2v) is 5.44. The Labute approximate surface area is 121 Å². The summed E-state index contributed by atoms with van der Waals surface area (Å²) in [6.45, 7) is 2.06. The summed E-state index contributed by atoms with van der Waals surface area (Å²) in [5, 5.41) is 4.36. The molecule has 0 spiro atoms. The van der Waals surface area contributed by atoms with Gasteiger partial charge in [0.25, 0.3) is 0 Å². The average molecular weight is 321 g/mol. The number of halogens is 1. The standard InChI is InChI=1S/C15H17BrN2O/c1-3-12-9-13(18(2)17-12)10-14(19)8-11-6-4-5-7-15(11)16/h4-7,9H,3,8,10H2,1-2H3. The third-order valence-corrected chi connectivity index (χ3v) is 3.89. The Morgan fingerprint density at radius 2 is 2.05 bits per heavy atom. The van der Waals surface area contributed by atoms with Crippen molar-refractivity contribution >= 4 is 21.7 Å². The van der Waals surface area contributed by atoms with Gasteiger partial charge in [-0.05, 0) is 24.1 Å². The van der Waals surface area contributed by atoms with E-state index >= 15 is 0 Å². The minimum absolute atomic E-state index is 0.206. The zero-order valence-corrected chi connectivity index (χ0v) is 12.8. The molecule has 19 heavy (non-hydrogen) atoms. The molecule has 0 aliphatic heterocycles. The van der Waals surface area contributed by atoms with Crippen LogP contribution in [0.1, 0.15) is 23.9 Å². The zero-order chi connectivity index (χ0) is 13.8. The normalized spacial score (nSPS) is 10.7. The smallest absolute Gasteiger partial charge is 0.143 e. The molecule has 100 valence electrons. The molecule has 0 saturated heterocycles. The molecule has 0 fully saturated rings. The van der Waals surface area contributed by atoms with Crippen LogP contribution in [-0.2, 0) is 31.1 Å². The number of benzene rings is 1. The molecule has 4 heteroatoms. The highest BCUT2D eigenvalue weighted by molar-refractivity contribution is 9.10. The molecular formula is C15H17BrN2O. The SMILES string of the molecule is CCc1cc(CC(=O)Cc2ccccc2Br)n(C)n1. The molecule has 0 bridgehead atoms. The molecule has 0 unspecified atom stereocenters. The molecule has 0 radical (unpaired) electrons. The van der Waals surface area contributed by atoms with Gasteiger partial charge in [0.15, 0.2) is 0 Å². The molecule has 0 amide bonds. The van der Waals surface area contributed by atoms with Crippen molar-refractivity contribution in [2.75, 3.05) is 0 Å². The summed E-state index contributed by atoms with van der Waals surface area (Å²) in [6, 6.07) is 9.85. The topological polar surface area (TPSA) is 34.9 Å². The Morgan fingerprint density at radius 3 is 2.68 bits per heavy atom. The van der Waals surface area contributed by atoms with E-state index in [0.717, 1.165) is 27.8 Å². The lowest BCUT2D eigenvalue weighted by atomic mass is 10.1. The van der Waals surface area contributed by atoms with E-state index in [9.17, 15) is 4.79 Å². The number of rotatable bonds is 5. The van der Waals surface area contributed by atoms with Crippen molar-refractivity contribution in [2.45, 2.75) is 26.2 Å². The van der Waals surface area contributed by atoms with Crippen LogP contribution in [0.2, 0.25) is 0 Å². The molecule has 0 aliphatic rings. The fourth-order valence-corrected chi connectivity index (χ4v) is 2.45. The number of ketones is 1. The van der Waals surface area contributed by atoms with Crippen molar-refractivity contribution in [3.8, 4) is 0 Å². The number of carbonyl (C=O) groups excluding carboxylic acids is 1. The Morgan fingerprint density at radius 1 is 1.32 bits per heavy atom. The second-order valence-electron chi connectivity index (χ2n) is 4.59. The van der Waals surface area contributed by atoms with Crippen LogP contribution in [0, 0.1) is 0 Å². The predicted octanol–water partition coefficient (Wildman–Crippen LogP) is 3.10. The third kappa shape index (κ3) is 3.53. The lowest BCUT2D eigenvalue weighted by Gasteiger charge is -2.04. The molecule has 2 aromatic rings. The van der Waals surface area contributed by atoms with E-state index < -0.39 is 0 Å². The van der Waals surface area contributed by atoms with E-state index in [0.29, 0.717) is 12.8 Å². The van der Waals surface area contributed by atoms with Crippen molar-refractivity contribution in [3.05, 3.63) is 51.8 Å². The number of hydrogen-bond donors (Lipinski definition) is 0. The highest BCUT2D eigenvalue weighted by Gasteiger charge is 2.11. The van der Waals surface area contributed by atoms with Crippen LogP contribution in [0.15, 0.2) is 34.8 Å². The molecular weight excluding hydrogens is 304 g/mol. The Bertz CT molecular complexity index is 590. The van der Waals surface area contributed by atoms with Crippen molar-refractivity contribution in [3.63, 3.8) is 0 Å². The van der Waals surface area contributed by atoms with Crippen LogP contribution in [0.4, 0.5) is 0 Å². The number of aromatic nitrogens is 2. The summed E-state index contributed by atoms with van der Waals surface area (Å²) in [5.74, 6) is 0.206. The quantitative estimate of drug-likeness (QED) is 0.848. The van der Waals surface area contributed by atoms with E-state index in [-0.39, 0.29) is 5.78 Å². The van der Waals surface area contributed by atoms with Gasteiger partial charge in [0.05, 0.1) is 5.69 Å². The number of nitrogens with zero attached hydrogens (tertiary/aromatic N) is 2. The van der Waals surface area contributed by atoms with E-state index in [1.807, 2.05) is 37.4 Å². The first kappa shape index (κ1) is 14.0. The number of hydrogen-bond acceptors (Lipinski definition) is 2. The van der Waals surface area contributed by atoms with Crippen molar-refractivity contribution in [1.82, 2.24) is 9.78 Å². The summed E-state index contributed by atoms with van der Waals surface area (Å²) < 4.78 is 2.79. The molecule has 3 nitrogen and oxygen atoms in total. The van der Waals surface area contributed by atoms with Crippen LogP contribution in [0.5, 0.6) is 0 Å². The van der Waals surface area contributed by atoms with E-state index in [1.165, 1.54) is 0 Å². The van der Waals surface area contributed by atoms with Gasteiger partial charge in [-0.1, -0.05) is 41.1 Å². The van der Waals surface area contributed by atoms with Gasteiger partial charge in [0.2, 0.25) is 0 Å². The van der Waals surface area contributed by atoms with Gasteiger partial charge < -0.3 is 0 Å². The first-order valence-corrected chi connectivity index (χ1v) is 7.16. The largest absolute Gasteiger partial charge is 0.299 e. The summed E-state index contributed by atoms with van der Waals surface area (Å²) in [6.07, 6.45) is 1.78. The molecule has 1 heterocycles. The maximum Gasteiger partial charge on any atom is 0.143 e. The van der Waals surface area contributed by atoms with Crippen LogP contribution < -0.4 is 0 Å². The summed E-state index contributed by atoms with van der Waals surface area (Å²) in [7, 11) is 1.89. The van der Waals surface area contributed by atoms with Crippen LogP contribution in [0.3, 0.4) is 0 Å². The Kier molecular flexibility index (Phi) is 4.53. The summed E-state index contributed by atoms with van der Waals surface area (Å²) >= 11 is 3.47. The van der Waals surface area contributed by atoms with Crippen LogP contribution >= 0.6 is 15.9 Å². The molecule has 1 aromatic carbocycles. The molecule has 0 N–H and O–H groups in total. The summed E-state index contributed by atoms with van der Waals surface area (Å²) in [4.78, 5) is 12.1. The number of Topliss-reactive ketones (excluding diaryl/α,β-unsaturated/α-hetero) is 1. The Hall–Kier alpha value is -1.42. The van der Waals surface area contributed by atoms with Crippen LogP contribution in [-0.4, -0.2) is 15.6 Å². The van der Waals surface area contributed by atoms with Crippen molar-refractivity contribution in [2.24, 2.45) is 7.05 Å². The highest BCUT2D eigenvalue weighted by Crippen LogP contribution is 2.17. The van der Waals surface area contributed by atoms with Gasteiger partial charge in [-0.2, -0.15) is 5.10 Å². The average Bonchev–Trinajstić information content (AvgIpc) is 2.73. The van der Waals surface area contributed by atoms with E-state index in [2.05, 4.69) is 28.0 Å². The highest BCUT2D eigenvalue weighted by atomic mass is 79.9. The minimum atomic E-state index is 0.206. The molecule has 1 aromatic heterocycles. The predicted molar refractivity (Wildman–Crippen MR) is 79.1 cm³/mol. The second kappa shape index (κ2) is 6.15. The fourth-order valence-electron chi connectivity index (χ4n) is 2.03. The van der Waals surface area contributed by atoms with E-state index in [1.54, 1.807) is 4.68 Å². The zero-order valence-electron chi connectivity index (χ0n) is 11.2. The first-order valence-electron chi connectivity index (χ1n) is 6.37. The molecule has 0 saturated carbocycles. The lowest BCUT2D eigenvalue weighted by molar-refractivity contribution is -0.117. The molecule has 0 aliphatic carbocycles. The third-order valence-electron chi connectivity index (χ3n) is 3.11. The monoisotopic (exact) mass is 320 g/mol. The van der Waals surface area contributed by atoms with Crippen LogP contribution in [0.25, 0.3) is 0 Å². The maximum absolute atomic E-state index is 12.1. The van der Waals surface area contributed by atoms with Gasteiger partial charge in [-0.15, -0.1) is 0 Å². The molecule has 0 atom stereocenters. The van der Waals surface area contributed by atoms with E-state index in [4.69, 9.17) is 0 Å².